The highest BCUT2D eigenvalue weighted by Gasteiger charge is 2.25. The number of carbonyl (C=O) groups is 3. The van der Waals surface area contributed by atoms with Gasteiger partial charge in [-0.15, -0.1) is 0 Å². The molecule has 0 saturated heterocycles. The van der Waals surface area contributed by atoms with Gasteiger partial charge in [0.2, 0.25) is 10.0 Å². The summed E-state index contributed by atoms with van der Waals surface area (Å²) >= 11 is 6.17. The molecule has 1 unspecified atom stereocenters. The van der Waals surface area contributed by atoms with E-state index >= 15 is 0 Å². The van der Waals surface area contributed by atoms with E-state index in [9.17, 15) is 33.0 Å². The highest BCUT2D eigenvalue weighted by atomic mass is 35.5. The fourth-order valence-corrected chi connectivity index (χ4v) is 4.44. The monoisotopic (exact) mass is 531 g/mol. The van der Waals surface area contributed by atoms with Crippen LogP contribution in [0.1, 0.15) is 26.3 Å². The quantitative estimate of drug-likeness (QED) is 0.267. The summed E-state index contributed by atoms with van der Waals surface area (Å²) in [5, 5.41) is 23.7. The van der Waals surface area contributed by atoms with Crippen molar-refractivity contribution >= 4 is 39.4 Å². The van der Waals surface area contributed by atoms with Crippen LogP contribution in [0.4, 0.5) is 0 Å². The van der Waals surface area contributed by atoms with Crippen LogP contribution in [0.2, 0.25) is 5.02 Å². The average Bonchev–Trinajstić information content (AvgIpc) is 2.85. The van der Waals surface area contributed by atoms with Crippen LogP contribution in [0.3, 0.4) is 0 Å². The van der Waals surface area contributed by atoms with Crippen LogP contribution >= 0.6 is 11.6 Å². The van der Waals surface area contributed by atoms with Crippen molar-refractivity contribution in [2.75, 3.05) is 6.54 Å². The molecule has 0 aromatic heterocycles. The number of nitrogens with one attached hydrogen (secondary N) is 3. The van der Waals surface area contributed by atoms with Gasteiger partial charge in [0.25, 0.3) is 11.8 Å². The number of hydrogen-bond acceptors (Lipinski definition) is 6. The van der Waals surface area contributed by atoms with Crippen LogP contribution in [-0.2, 0) is 21.4 Å². The standard InChI is InChI=1S/C24H22ClN3O7S/c25-20-12-16(22(30)26-13-15-5-4-6-17(29)11-15)9-10-19(20)23(31)28-21(24(32)33)14-27-36(34,35)18-7-2-1-3-8-18/h1-12,21,27,29H,13-14H2,(H,26,30)(H,28,31)(H,32,33). The van der Waals surface area contributed by atoms with Crippen LogP contribution < -0.4 is 15.4 Å². The van der Waals surface area contributed by atoms with E-state index in [-0.39, 0.29) is 33.3 Å². The van der Waals surface area contributed by atoms with Gasteiger partial charge in [-0.25, -0.2) is 17.9 Å². The van der Waals surface area contributed by atoms with Crippen LogP contribution in [0, 0.1) is 0 Å². The lowest BCUT2D eigenvalue weighted by Crippen LogP contribution is -2.48. The number of phenols is 1. The van der Waals surface area contributed by atoms with Crippen molar-refractivity contribution in [1.82, 2.24) is 15.4 Å². The summed E-state index contributed by atoms with van der Waals surface area (Å²) in [5.74, 6) is -2.74. The first-order chi connectivity index (χ1) is 17.1. The van der Waals surface area contributed by atoms with Gasteiger partial charge in [-0.2, -0.15) is 0 Å². The van der Waals surface area contributed by atoms with Gasteiger partial charge >= 0.3 is 5.97 Å². The number of aliphatic carboxylic acids is 1. The zero-order valence-electron chi connectivity index (χ0n) is 18.6. The molecule has 0 heterocycles. The van der Waals surface area contributed by atoms with E-state index in [1.807, 2.05) is 0 Å². The summed E-state index contributed by atoms with van der Waals surface area (Å²) < 4.78 is 26.8. The molecule has 2 amide bonds. The highest BCUT2D eigenvalue weighted by Crippen LogP contribution is 2.19. The molecule has 36 heavy (non-hydrogen) atoms. The lowest BCUT2D eigenvalue weighted by molar-refractivity contribution is -0.139. The SMILES string of the molecule is O=C(NCc1cccc(O)c1)c1ccc(C(=O)NC(CNS(=O)(=O)c2ccccc2)C(=O)O)c(Cl)c1. The number of hydrogen-bond donors (Lipinski definition) is 5. The van der Waals surface area contributed by atoms with Crippen molar-refractivity contribution in [1.29, 1.82) is 0 Å². The number of halogens is 1. The Morgan fingerprint density at radius 3 is 2.28 bits per heavy atom. The average molecular weight is 532 g/mol. The van der Waals surface area contributed by atoms with Gasteiger partial charge in [0.05, 0.1) is 15.5 Å². The molecule has 5 N–H and O–H groups in total. The third-order valence-electron chi connectivity index (χ3n) is 4.97. The fraction of sp³-hybridized carbons (Fsp3) is 0.125. The van der Waals surface area contributed by atoms with Gasteiger partial charge in [-0.05, 0) is 48.0 Å². The Morgan fingerprint density at radius 1 is 0.917 bits per heavy atom. The molecule has 0 saturated carbocycles. The maximum Gasteiger partial charge on any atom is 0.327 e. The second-order valence-electron chi connectivity index (χ2n) is 7.58. The molecule has 3 rings (SSSR count). The van der Waals surface area contributed by atoms with Crippen molar-refractivity contribution in [2.24, 2.45) is 0 Å². The molecule has 0 aliphatic carbocycles. The highest BCUT2D eigenvalue weighted by molar-refractivity contribution is 7.89. The first-order valence-corrected chi connectivity index (χ1v) is 12.4. The molecule has 3 aromatic carbocycles. The summed E-state index contributed by atoms with van der Waals surface area (Å²) in [6.07, 6.45) is 0. The maximum atomic E-state index is 12.6. The van der Waals surface area contributed by atoms with E-state index < -0.39 is 40.4 Å². The van der Waals surface area contributed by atoms with Crippen LogP contribution in [0.25, 0.3) is 0 Å². The van der Waals surface area contributed by atoms with Crippen molar-refractivity contribution in [2.45, 2.75) is 17.5 Å². The Kier molecular flexibility index (Phi) is 8.64. The molecule has 0 radical (unpaired) electrons. The summed E-state index contributed by atoms with van der Waals surface area (Å²) in [4.78, 5) is 36.6. The largest absolute Gasteiger partial charge is 0.508 e. The first kappa shape index (κ1) is 26.7. The summed E-state index contributed by atoms with van der Waals surface area (Å²) in [6.45, 7) is -0.461. The first-order valence-electron chi connectivity index (χ1n) is 10.5. The third-order valence-corrected chi connectivity index (χ3v) is 6.73. The van der Waals surface area contributed by atoms with E-state index in [2.05, 4.69) is 15.4 Å². The van der Waals surface area contributed by atoms with Crippen molar-refractivity contribution in [3.8, 4) is 5.75 Å². The van der Waals surface area contributed by atoms with E-state index in [1.54, 1.807) is 18.2 Å². The van der Waals surface area contributed by atoms with E-state index in [0.717, 1.165) is 0 Å². The molecule has 0 spiro atoms. The molecular weight excluding hydrogens is 510 g/mol. The van der Waals surface area contributed by atoms with Gasteiger partial charge in [0.15, 0.2) is 0 Å². The Balaban J connectivity index is 1.64. The van der Waals surface area contributed by atoms with Gasteiger partial charge in [0, 0.05) is 18.7 Å². The summed E-state index contributed by atoms with van der Waals surface area (Å²) in [7, 11) is -3.99. The number of benzene rings is 3. The second kappa shape index (κ2) is 11.7. The number of carbonyl (C=O) groups excluding carboxylic acids is 2. The minimum atomic E-state index is -3.99. The number of amides is 2. The Hall–Kier alpha value is -3.93. The molecule has 12 heteroatoms. The van der Waals surface area contributed by atoms with Gasteiger partial charge in [-0.1, -0.05) is 41.9 Å². The molecule has 10 nitrogen and oxygen atoms in total. The zero-order valence-corrected chi connectivity index (χ0v) is 20.2. The molecule has 188 valence electrons. The third kappa shape index (κ3) is 7.04. The molecule has 0 aliphatic rings. The molecule has 0 fully saturated rings. The number of sulfonamides is 1. The molecule has 3 aromatic rings. The Bertz CT molecular complexity index is 1380. The number of rotatable bonds is 10. The molecule has 1 atom stereocenters. The second-order valence-corrected chi connectivity index (χ2v) is 9.75. The van der Waals surface area contributed by atoms with Crippen LogP contribution in [-0.4, -0.2) is 49.0 Å². The number of phenolic OH excluding ortho intramolecular Hbond substituents is 1. The van der Waals surface area contributed by atoms with Gasteiger partial charge in [0.1, 0.15) is 11.8 Å². The minimum Gasteiger partial charge on any atom is -0.508 e. The minimum absolute atomic E-state index is 0.0542. The maximum absolute atomic E-state index is 12.6. The fourth-order valence-electron chi connectivity index (χ4n) is 3.10. The van der Waals surface area contributed by atoms with Crippen molar-refractivity contribution in [3.05, 3.63) is 94.5 Å². The number of carboxylic acids is 1. The van der Waals surface area contributed by atoms with Crippen molar-refractivity contribution < 1.29 is 33.0 Å². The van der Waals surface area contributed by atoms with Gasteiger partial charge < -0.3 is 20.8 Å². The van der Waals surface area contributed by atoms with E-state index in [4.69, 9.17) is 11.6 Å². The Morgan fingerprint density at radius 2 is 1.64 bits per heavy atom. The predicted molar refractivity (Wildman–Crippen MR) is 131 cm³/mol. The molecule has 0 bridgehead atoms. The summed E-state index contributed by atoms with van der Waals surface area (Å²) in [5.41, 5.74) is 0.730. The Labute approximate surface area is 212 Å². The van der Waals surface area contributed by atoms with Crippen LogP contribution in [0.5, 0.6) is 5.75 Å². The number of aromatic hydroxyl groups is 1. The van der Waals surface area contributed by atoms with Crippen molar-refractivity contribution in [3.63, 3.8) is 0 Å². The van der Waals surface area contributed by atoms with Gasteiger partial charge in [-0.3, -0.25) is 9.59 Å². The smallest absolute Gasteiger partial charge is 0.327 e. The topological polar surface area (TPSA) is 162 Å². The van der Waals surface area contributed by atoms with E-state index in [0.29, 0.717) is 5.56 Å². The number of carboxylic acid groups (broad SMARTS) is 1. The zero-order chi connectivity index (χ0) is 26.3. The normalized spacial score (nSPS) is 11.9. The molecule has 0 aliphatic heterocycles. The predicted octanol–water partition coefficient (Wildman–Crippen LogP) is 2.14. The van der Waals surface area contributed by atoms with E-state index in [1.165, 1.54) is 54.6 Å². The lowest BCUT2D eigenvalue weighted by Gasteiger charge is -2.16. The summed E-state index contributed by atoms with van der Waals surface area (Å²) in [6, 6.07) is 16.0. The van der Waals surface area contributed by atoms with Crippen LogP contribution in [0.15, 0.2) is 77.7 Å². The lowest BCUT2D eigenvalue weighted by atomic mass is 10.1. The molecular formula is C24H22ClN3O7S.